The number of hydrogen-bond donors (Lipinski definition) is 1. The van der Waals surface area contributed by atoms with E-state index in [1.807, 2.05) is 50.2 Å². The van der Waals surface area contributed by atoms with Gasteiger partial charge in [-0.3, -0.25) is 4.79 Å². The van der Waals surface area contributed by atoms with Crippen molar-refractivity contribution in [2.45, 2.75) is 29.0 Å². The maximum Gasteiger partial charge on any atom is 0.242 e. The van der Waals surface area contributed by atoms with Gasteiger partial charge in [-0.1, -0.05) is 30.0 Å². The number of rotatable bonds is 6. The van der Waals surface area contributed by atoms with E-state index in [1.54, 1.807) is 18.2 Å². The number of pyridine rings is 1. The highest BCUT2D eigenvalue weighted by Crippen LogP contribution is 2.29. The lowest BCUT2D eigenvalue weighted by Crippen LogP contribution is -2.22. The minimum Gasteiger partial charge on any atom is -0.325 e. The molecule has 0 aliphatic carbocycles. The van der Waals surface area contributed by atoms with E-state index in [4.69, 9.17) is 0 Å². The van der Waals surface area contributed by atoms with Gasteiger partial charge >= 0.3 is 0 Å². The van der Waals surface area contributed by atoms with Crippen molar-refractivity contribution in [1.29, 1.82) is 0 Å². The zero-order chi connectivity index (χ0) is 21.2. The molecule has 2 aromatic carbocycles. The Hall–Kier alpha value is -2.42. The van der Waals surface area contributed by atoms with Crippen molar-refractivity contribution in [3.63, 3.8) is 0 Å². The Labute approximate surface area is 175 Å². The lowest BCUT2D eigenvalue weighted by molar-refractivity contribution is -0.115. The minimum absolute atomic E-state index is 0.104. The molecule has 8 heteroatoms. The highest BCUT2D eigenvalue weighted by atomic mass is 32.2. The van der Waals surface area contributed by atoms with Crippen LogP contribution in [0, 0.1) is 6.92 Å². The lowest BCUT2D eigenvalue weighted by Gasteiger charge is -2.14. The van der Waals surface area contributed by atoms with E-state index < -0.39 is 10.0 Å². The van der Waals surface area contributed by atoms with Crippen molar-refractivity contribution in [3.8, 4) is 0 Å². The Morgan fingerprint density at radius 3 is 2.45 bits per heavy atom. The van der Waals surface area contributed by atoms with Crippen LogP contribution in [-0.2, 0) is 14.8 Å². The van der Waals surface area contributed by atoms with Gasteiger partial charge in [-0.15, -0.1) is 0 Å². The topological polar surface area (TPSA) is 79.4 Å². The van der Waals surface area contributed by atoms with Gasteiger partial charge in [0.15, 0.2) is 0 Å². The van der Waals surface area contributed by atoms with Crippen LogP contribution in [0.3, 0.4) is 0 Å². The maximum atomic E-state index is 12.5. The predicted octanol–water partition coefficient (Wildman–Crippen LogP) is 3.91. The Kier molecular flexibility index (Phi) is 6.26. The number of carbonyl (C=O) groups excluding carboxylic acids is 1. The van der Waals surface area contributed by atoms with Crippen molar-refractivity contribution >= 4 is 44.3 Å². The number of fused-ring (bicyclic) bond motifs is 1. The summed E-state index contributed by atoms with van der Waals surface area (Å²) in [6, 6.07) is 16.1. The number of amides is 1. The van der Waals surface area contributed by atoms with Crippen molar-refractivity contribution in [3.05, 3.63) is 60.2 Å². The first-order valence-electron chi connectivity index (χ1n) is 9.05. The van der Waals surface area contributed by atoms with Crippen LogP contribution in [0.1, 0.15) is 12.5 Å². The quantitative estimate of drug-likeness (QED) is 0.601. The van der Waals surface area contributed by atoms with Crippen molar-refractivity contribution in [2.24, 2.45) is 0 Å². The summed E-state index contributed by atoms with van der Waals surface area (Å²) in [4.78, 5) is 17.3. The first-order chi connectivity index (χ1) is 13.7. The van der Waals surface area contributed by atoms with E-state index in [0.717, 1.165) is 16.6 Å². The fourth-order valence-corrected chi connectivity index (χ4v) is 4.63. The molecular weight excluding hydrogens is 406 g/mol. The second-order valence-corrected chi connectivity index (χ2v) is 10.4. The second kappa shape index (κ2) is 8.52. The maximum absolute atomic E-state index is 12.5. The normalized spacial score (nSPS) is 12.9. The standard InChI is InChI=1S/C21H23N3O3S2/c1-14-12-20(28-15(2)21(25)22-16-8-6-5-7-9-16)23-19-11-10-17(13-18(14)19)29(26,27)24(3)4/h5-13,15H,1-4H3,(H,22,25). The molecule has 3 aromatic rings. The number of thioether (sulfide) groups is 1. The molecular formula is C21H23N3O3S2. The molecule has 0 saturated carbocycles. The number of sulfonamides is 1. The van der Waals surface area contributed by atoms with E-state index in [0.29, 0.717) is 10.5 Å². The number of carbonyl (C=O) groups is 1. The average molecular weight is 430 g/mol. The van der Waals surface area contributed by atoms with Gasteiger partial charge in [0.2, 0.25) is 15.9 Å². The first kappa shape index (κ1) is 21.3. The minimum atomic E-state index is -3.51. The molecule has 1 aromatic heterocycles. The largest absolute Gasteiger partial charge is 0.325 e. The molecule has 1 heterocycles. The van der Waals surface area contributed by atoms with E-state index >= 15 is 0 Å². The number of nitrogens with one attached hydrogen (secondary N) is 1. The van der Waals surface area contributed by atoms with Crippen LogP contribution < -0.4 is 5.32 Å². The number of hydrogen-bond acceptors (Lipinski definition) is 5. The van der Waals surface area contributed by atoms with E-state index in [1.165, 1.54) is 30.2 Å². The van der Waals surface area contributed by atoms with Crippen LogP contribution in [0.2, 0.25) is 0 Å². The summed E-state index contributed by atoms with van der Waals surface area (Å²) in [5.74, 6) is -0.104. The molecule has 1 N–H and O–H groups in total. The summed E-state index contributed by atoms with van der Waals surface area (Å²) in [5, 5.41) is 4.04. The van der Waals surface area contributed by atoms with Crippen LogP contribution in [0.4, 0.5) is 5.69 Å². The Morgan fingerprint density at radius 1 is 1.10 bits per heavy atom. The van der Waals surface area contributed by atoms with Crippen molar-refractivity contribution < 1.29 is 13.2 Å². The number of anilines is 1. The summed E-state index contributed by atoms with van der Waals surface area (Å²) < 4.78 is 26.0. The summed E-state index contributed by atoms with van der Waals surface area (Å²) in [7, 11) is -0.495. The molecule has 1 atom stereocenters. The fourth-order valence-electron chi connectivity index (χ4n) is 2.77. The smallest absolute Gasteiger partial charge is 0.242 e. The van der Waals surface area contributed by atoms with Gasteiger partial charge in [0, 0.05) is 25.2 Å². The number of aryl methyl sites for hydroxylation is 1. The number of para-hydroxylation sites is 1. The summed E-state index contributed by atoms with van der Waals surface area (Å²) >= 11 is 1.36. The van der Waals surface area contributed by atoms with Gasteiger partial charge in [0.1, 0.15) is 0 Å². The van der Waals surface area contributed by atoms with Crippen molar-refractivity contribution in [1.82, 2.24) is 9.29 Å². The van der Waals surface area contributed by atoms with Crippen LogP contribution in [0.25, 0.3) is 10.9 Å². The highest BCUT2D eigenvalue weighted by Gasteiger charge is 2.19. The molecule has 3 rings (SSSR count). The molecule has 0 aliphatic rings. The first-order valence-corrected chi connectivity index (χ1v) is 11.4. The highest BCUT2D eigenvalue weighted by molar-refractivity contribution is 8.00. The van der Waals surface area contributed by atoms with Crippen molar-refractivity contribution in [2.75, 3.05) is 19.4 Å². The van der Waals surface area contributed by atoms with Gasteiger partial charge < -0.3 is 5.32 Å². The second-order valence-electron chi connectivity index (χ2n) is 6.86. The van der Waals surface area contributed by atoms with E-state index in [2.05, 4.69) is 10.3 Å². The van der Waals surface area contributed by atoms with Gasteiger partial charge in [0.25, 0.3) is 0 Å². The van der Waals surface area contributed by atoms with Crippen LogP contribution >= 0.6 is 11.8 Å². The zero-order valence-electron chi connectivity index (χ0n) is 16.7. The lowest BCUT2D eigenvalue weighted by atomic mass is 10.1. The third kappa shape index (κ3) is 4.77. The average Bonchev–Trinajstić information content (AvgIpc) is 2.68. The summed E-state index contributed by atoms with van der Waals surface area (Å²) in [6.07, 6.45) is 0. The molecule has 0 spiro atoms. The van der Waals surface area contributed by atoms with Gasteiger partial charge in [-0.05, 0) is 55.8 Å². The van der Waals surface area contributed by atoms with Gasteiger partial charge in [-0.2, -0.15) is 0 Å². The predicted molar refractivity (Wildman–Crippen MR) is 118 cm³/mol. The van der Waals surface area contributed by atoms with Crippen LogP contribution in [-0.4, -0.2) is 43.0 Å². The van der Waals surface area contributed by atoms with E-state index in [9.17, 15) is 13.2 Å². The third-order valence-corrected chi connectivity index (χ3v) is 7.28. The molecule has 1 amide bonds. The molecule has 29 heavy (non-hydrogen) atoms. The summed E-state index contributed by atoms with van der Waals surface area (Å²) in [5.41, 5.74) is 2.35. The SMILES string of the molecule is Cc1cc(SC(C)C(=O)Nc2ccccc2)nc2ccc(S(=O)(=O)N(C)C)cc12. The molecule has 0 saturated heterocycles. The molecule has 0 bridgehead atoms. The zero-order valence-corrected chi connectivity index (χ0v) is 18.3. The molecule has 0 fully saturated rings. The third-order valence-electron chi connectivity index (χ3n) is 4.45. The molecule has 152 valence electrons. The molecule has 0 aliphatic heterocycles. The monoisotopic (exact) mass is 429 g/mol. The number of benzene rings is 2. The number of aromatic nitrogens is 1. The Bertz CT molecular complexity index is 1150. The van der Waals surface area contributed by atoms with Crippen LogP contribution in [0.15, 0.2) is 64.5 Å². The van der Waals surface area contributed by atoms with Gasteiger partial charge in [0.05, 0.1) is 20.7 Å². The van der Waals surface area contributed by atoms with Gasteiger partial charge in [-0.25, -0.2) is 17.7 Å². The fraction of sp³-hybridized carbons (Fsp3) is 0.238. The Balaban J connectivity index is 1.83. The molecule has 6 nitrogen and oxygen atoms in total. The number of nitrogens with zero attached hydrogens (tertiary/aromatic N) is 2. The molecule has 1 unspecified atom stereocenters. The summed E-state index contributed by atoms with van der Waals surface area (Å²) in [6.45, 7) is 3.74. The van der Waals surface area contributed by atoms with Crippen LogP contribution in [0.5, 0.6) is 0 Å². The Morgan fingerprint density at radius 2 is 1.79 bits per heavy atom. The van der Waals surface area contributed by atoms with E-state index in [-0.39, 0.29) is 16.1 Å². The molecule has 0 radical (unpaired) electrons.